The summed E-state index contributed by atoms with van der Waals surface area (Å²) in [5.41, 5.74) is 2.23. The van der Waals surface area contributed by atoms with E-state index in [9.17, 15) is 9.59 Å². The van der Waals surface area contributed by atoms with Crippen molar-refractivity contribution >= 4 is 11.9 Å². The first kappa shape index (κ1) is 14.8. The molecule has 0 aliphatic carbocycles. The average molecular weight is 283 g/mol. The molecule has 0 saturated carbocycles. The van der Waals surface area contributed by atoms with Gasteiger partial charge in [-0.3, -0.25) is 4.79 Å². The Labute approximate surface area is 123 Å². The molecule has 0 aliphatic heterocycles. The van der Waals surface area contributed by atoms with E-state index >= 15 is 0 Å². The van der Waals surface area contributed by atoms with Crippen LogP contribution in [0.4, 0.5) is 0 Å². The van der Waals surface area contributed by atoms with Crippen LogP contribution < -0.4 is 5.32 Å². The fraction of sp³-hybridized carbons (Fsp3) is 0.176. The van der Waals surface area contributed by atoms with E-state index in [0.717, 1.165) is 11.1 Å². The third-order valence-electron chi connectivity index (χ3n) is 3.22. The summed E-state index contributed by atoms with van der Waals surface area (Å²) < 4.78 is 0. The molecule has 0 aliphatic rings. The standard InChI is InChI=1S/C17H17NO3/c1-12(19)18-16(11-13-5-3-2-4-6-13)14-7-9-15(10-8-14)17(20)21/h2-10,16H,11H2,1H3,(H,18,19)(H,20,21). The highest BCUT2D eigenvalue weighted by atomic mass is 16.4. The molecule has 0 spiro atoms. The highest BCUT2D eigenvalue weighted by Crippen LogP contribution is 2.19. The molecule has 0 bridgehead atoms. The van der Waals surface area contributed by atoms with Crippen LogP contribution in [0.2, 0.25) is 0 Å². The minimum atomic E-state index is -0.958. The van der Waals surface area contributed by atoms with Crippen molar-refractivity contribution in [3.8, 4) is 0 Å². The maximum atomic E-state index is 11.4. The Kier molecular flexibility index (Phi) is 4.72. The molecule has 4 nitrogen and oxygen atoms in total. The summed E-state index contributed by atoms with van der Waals surface area (Å²) in [6, 6.07) is 16.3. The van der Waals surface area contributed by atoms with Crippen LogP contribution in [0.15, 0.2) is 54.6 Å². The number of amides is 1. The summed E-state index contributed by atoms with van der Waals surface area (Å²) in [6.07, 6.45) is 0.660. The van der Waals surface area contributed by atoms with Crippen LogP contribution in [-0.2, 0) is 11.2 Å². The van der Waals surface area contributed by atoms with Gasteiger partial charge in [0.1, 0.15) is 0 Å². The molecule has 2 aromatic rings. The molecular formula is C17H17NO3. The van der Waals surface area contributed by atoms with Gasteiger partial charge < -0.3 is 10.4 Å². The summed E-state index contributed by atoms with van der Waals surface area (Å²) in [6.45, 7) is 1.48. The van der Waals surface area contributed by atoms with Crippen LogP contribution in [0.3, 0.4) is 0 Å². The average Bonchev–Trinajstić information content (AvgIpc) is 2.47. The molecular weight excluding hydrogens is 266 g/mol. The maximum absolute atomic E-state index is 11.4. The summed E-state index contributed by atoms with van der Waals surface area (Å²) in [4.78, 5) is 22.3. The van der Waals surface area contributed by atoms with Crippen LogP contribution >= 0.6 is 0 Å². The van der Waals surface area contributed by atoms with Crippen LogP contribution in [-0.4, -0.2) is 17.0 Å². The van der Waals surface area contributed by atoms with Crippen LogP contribution in [0.25, 0.3) is 0 Å². The van der Waals surface area contributed by atoms with E-state index in [-0.39, 0.29) is 17.5 Å². The Morgan fingerprint density at radius 1 is 1.05 bits per heavy atom. The second kappa shape index (κ2) is 6.70. The molecule has 2 aromatic carbocycles. The highest BCUT2D eigenvalue weighted by Gasteiger charge is 2.14. The lowest BCUT2D eigenvalue weighted by atomic mass is 9.98. The number of carboxylic acid groups (broad SMARTS) is 1. The number of hydrogen-bond donors (Lipinski definition) is 2. The largest absolute Gasteiger partial charge is 0.478 e. The molecule has 1 unspecified atom stereocenters. The van der Waals surface area contributed by atoms with E-state index in [0.29, 0.717) is 6.42 Å². The second-order valence-electron chi connectivity index (χ2n) is 4.87. The molecule has 0 saturated heterocycles. The Balaban J connectivity index is 2.22. The van der Waals surface area contributed by atoms with Crippen molar-refractivity contribution in [2.75, 3.05) is 0 Å². The molecule has 108 valence electrons. The Bertz CT molecular complexity index is 620. The molecule has 1 atom stereocenters. The summed E-state index contributed by atoms with van der Waals surface area (Å²) in [5, 5.41) is 11.8. The SMILES string of the molecule is CC(=O)NC(Cc1ccccc1)c1ccc(C(=O)O)cc1. The van der Waals surface area contributed by atoms with Crippen molar-refractivity contribution in [2.45, 2.75) is 19.4 Å². The predicted octanol–water partition coefficient (Wildman–Crippen LogP) is 2.80. The first-order chi connectivity index (χ1) is 10.1. The van der Waals surface area contributed by atoms with Gasteiger partial charge >= 0.3 is 5.97 Å². The fourth-order valence-corrected chi connectivity index (χ4v) is 2.21. The van der Waals surface area contributed by atoms with Gasteiger partial charge in [0.25, 0.3) is 0 Å². The van der Waals surface area contributed by atoms with Gasteiger partial charge in [-0.1, -0.05) is 42.5 Å². The van der Waals surface area contributed by atoms with Crippen LogP contribution in [0, 0.1) is 0 Å². The third kappa shape index (κ3) is 4.18. The van der Waals surface area contributed by atoms with Crippen molar-refractivity contribution in [1.29, 1.82) is 0 Å². The van der Waals surface area contributed by atoms with Gasteiger partial charge in [0.15, 0.2) is 0 Å². The molecule has 0 fully saturated rings. The molecule has 0 heterocycles. The lowest BCUT2D eigenvalue weighted by molar-refractivity contribution is -0.119. The zero-order valence-corrected chi connectivity index (χ0v) is 11.7. The number of benzene rings is 2. The second-order valence-corrected chi connectivity index (χ2v) is 4.87. The minimum Gasteiger partial charge on any atom is -0.478 e. The fourth-order valence-electron chi connectivity index (χ4n) is 2.21. The number of carboxylic acids is 1. The number of carbonyl (C=O) groups excluding carboxylic acids is 1. The number of rotatable bonds is 5. The summed E-state index contributed by atoms with van der Waals surface area (Å²) >= 11 is 0. The van der Waals surface area contributed by atoms with Crippen molar-refractivity contribution in [1.82, 2.24) is 5.32 Å². The Hall–Kier alpha value is -2.62. The lowest BCUT2D eigenvalue weighted by Gasteiger charge is -2.18. The molecule has 2 rings (SSSR count). The van der Waals surface area contributed by atoms with E-state index in [1.165, 1.54) is 6.92 Å². The summed E-state index contributed by atoms with van der Waals surface area (Å²) in [7, 11) is 0. The topological polar surface area (TPSA) is 66.4 Å². The Morgan fingerprint density at radius 2 is 1.67 bits per heavy atom. The minimum absolute atomic E-state index is 0.113. The van der Waals surface area contributed by atoms with Gasteiger partial charge in [-0.2, -0.15) is 0 Å². The number of carbonyl (C=O) groups is 2. The normalized spacial score (nSPS) is 11.7. The molecule has 2 N–H and O–H groups in total. The molecule has 21 heavy (non-hydrogen) atoms. The number of aromatic carboxylic acids is 1. The molecule has 1 amide bonds. The van der Waals surface area contributed by atoms with Gasteiger partial charge in [0, 0.05) is 6.92 Å². The van der Waals surface area contributed by atoms with Gasteiger partial charge in [0.05, 0.1) is 11.6 Å². The van der Waals surface area contributed by atoms with E-state index in [2.05, 4.69) is 5.32 Å². The smallest absolute Gasteiger partial charge is 0.335 e. The maximum Gasteiger partial charge on any atom is 0.335 e. The highest BCUT2D eigenvalue weighted by molar-refractivity contribution is 5.87. The van der Waals surface area contributed by atoms with Gasteiger partial charge in [-0.05, 0) is 29.7 Å². The van der Waals surface area contributed by atoms with Crippen LogP contribution in [0.1, 0.15) is 34.5 Å². The number of hydrogen-bond acceptors (Lipinski definition) is 2. The first-order valence-electron chi connectivity index (χ1n) is 6.70. The summed E-state index contributed by atoms with van der Waals surface area (Å²) in [5.74, 6) is -1.07. The van der Waals surface area contributed by atoms with E-state index in [4.69, 9.17) is 5.11 Å². The van der Waals surface area contributed by atoms with Gasteiger partial charge in [-0.15, -0.1) is 0 Å². The van der Waals surface area contributed by atoms with Crippen molar-refractivity contribution in [3.63, 3.8) is 0 Å². The molecule has 0 radical (unpaired) electrons. The first-order valence-corrected chi connectivity index (χ1v) is 6.70. The third-order valence-corrected chi connectivity index (χ3v) is 3.22. The van der Waals surface area contributed by atoms with Gasteiger partial charge in [0.2, 0.25) is 5.91 Å². The predicted molar refractivity (Wildman–Crippen MR) is 80.1 cm³/mol. The zero-order valence-electron chi connectivity index (χ0n) is 11.7. The lowest BCUT2D eigenvalue weighted by Crippen LogP contribution is -2.27. The van der Waals surface area contributed by atoms with E-state index in [1.807, 2.05) is 30.3 Å². The van der Waals surface area contributed by atoms with Crippen molar-refractivity contribution in [2.24, 2.45) is 0 Å². The molecule has 4 heteroatoms. The monoisotopic (exact) mass is 283 g/mol. The van der Waals surface area contributed by atoms with E-state index < -0.39 is 5.97 Å². The van der Waals surface area contributed by atoms with Crippen molar-refractivity contribution in [3.05, 3.63) is 71.3 Å². The Morgan fingerprint density at radius 3 is 2.19 bits per heavy atom. The number of nitrogens with one attached hydrogen (secondary N) is 1. The zero-order chi connectivity index (χ0) is 15.2. The van der Waals surface area contributed by atoms with Gasteiger partial charge in [-0.25, -0.2) is 4.79 Å². The van der Waals surface area contributed by atoms with Crippen molar-refractivity contribution < 1.29 is 14.7 Å². The van der Waals surface area contributed by atoms with E-state index in [1.54, 1.807) is 24.3 Å². The molecule has 0 aromatic heterocycles. The van der Waals surface area contributed by atoms with Crippen LogP contribution in [0.5, 0.6) is 0 Å². The quantitative estimate of drug-likeness (QED) is 0.886.